The lowest BCUT2D eigenvalue weighted by molar-refractivity contribution is 0.277. The third-order valence-electron chi connectivity index (χ3n) is 11.3. The van der Waals surface area contributed by atoms with Crippen LogP contribution in [0.3, 0.4) is 0 Å². The van der Waals surface area contributed by atoms with E-state index in [2.05, 4.69) is 133 Å². The molecule has 1 aromatic carbocycles. The average molecular weight is 1340 g/mol. The van der Waals surface area contributed by atoms with Gasteiger partial charge in [-0.2, -0.15) is 20.4 Å². The maximum atomic E-state index is 10.6. The summed E-state index contributed by atoms with van der Waals surface area (Å²) in [5.41, 5.74) is 13.7. The Balaban J connectivity index is -0.000000976. The molecule has 0 spiro atoms. The van der Waals surface area contributed by atoms with Crippen LogP contribution < -0.4 is 10.9 Å². The first-order chi connectivity index (χ1) is 46.8. The number of H-pyrrole nitrogens is 2. The number of aromatic amines is 2. The van der Waals surface area contributed by atoms with Crippen molar-refractivity contribution in [2.45, 2.75) is 143 Å². The Morgan fingerprint density at radius 2 is 1.13 bits per heavy atom. The number of rotatable bonds is 1. The molecule has 524 valence electrons. The molecule has 11 heterocycles. The summed E-state index contributed by atoms with van der Waals surface area (Å²) in [5.74, 6) is 1.91. The molecule has 1 fully saturated rings. The smallest absolute Gasteiger partial charge is 0.250 e. The fourth-order valence-electron chi connectivity index (χ4n) is 5.31. The summed E-state index contributed by atoms with van der Waals surface area (Å²) in [4.78, 5) is 41.5. The third kappa shape index (κ3) is 73.6. The SMILES string of the molecule is C/C=C/C.CC1=CCNCC1.CC1CC1.CCCC.COC.Cc1ccccc1.Cc1ccccn1.Cc1cccnc1.Cc1cccnn1.Cc1ccn[nH]1.Cc1ccncc1.Cc1cn[nH]c1.Cc1cncnc1.Cc1cscn1.Cc1ncccn1.Cn1ccccc1=O. The lowest BCUT2D eigenvalue weighted by Crippen LogP contribution is -2.19. The number of pyridine rings is 4. The largest absolute Gasteiger partial charge is 0.388 e. The Labute approximate surface area is 586 Å². The highest BCUT2D eigenvalue weighted by Crippen LogP contribution is 2.26. The molecule has 0 amide bonds. The van der Waals surface area contributed by atoms with Crippen LogP contribution in [0.4, 0.5) is 0 Å². The molecule has 2 aliphatic rings. The van der Waals surface area contributed by atoms with E-state index in [1.54, 1.807) is 119 Å². The molecule has 19 heteroatoms. The number of aryl methyl sites for hydroxylation is 11. The lowest BCUT2D eigenvalue weighted by atomic mass is 10.1. The minimum atomic E-state index is 0.0347. The highest BCUT2D eigenvalue weighted by molar-refractivity contribution is 7.07. The quantitative estimate of drug-likeness (QED) is 0.130. The number of hydrogen-bond donors (Lipinski definition) is 3. The molecule has 0 saturated heterocycles. The number of aromatic nitrogens is 15. The van der Waals surface area contributed by atoms with Gasteiger partial charge in [0, 0.05) is 137 Å². The first-order valence-corrected chi connectivity index (χ1v) is 33.3. The standard InChI is InChI=1S/C7H8.C6H7NO.C6H11N.3C6H7N.3C5H6N2.2C4H6N2.C4H5NS.C4H8.C4H10.C4H8.C2H6O/c1-7-5-3-2-4-6-7;1-7-5-3-2-4-6(7)8;2*1-6-2-4-7-5-3-6;1-6-3-2-4-7-5-6;1-6-4-2-3-5-7-6;1-5-2-6-4-7-3-5;1-5-6-3-2-4-7-5;1-5-3-2-4-6-7-5;1-4-2-5-6-3-4;1-4-2-3-5-6-4;1-4-2-6-3-5-4;1-4-2-3-4;2*1-3-4-2;1-3-2/h2-6H,1H3;2-5H,1H3;2,7H,3-5H2,1H3;3*2-5H,1H3;3*2-4H,1H3;2*2-3H,1H3,(H,5,6);2-3H,1H3;4H,2-3H2,1H3;3-4H2,1-2H3;3-4H,1-2H3;1-2H3/b;;;;;;;;;;;;;;4-3+;. The zero-order valence-electron chi connectivity index (χ0n) is 61.6. The second-order valence-corrected chi connectivity index (χ2v) is 22.0. The number of unbranched alkanes of at least 4 members (excludes halogenated alkanes) is 1. The fraction of sp³-hybridized carbons (Fsp3) is 0.346. The Morgan fingerprint density at radius 1 is 0.557 bits per heavy atom. The number of nitrogens with one attached hydrogen (secondary N) is 3. The molecule has 1 aliphatic heterocycles. The zero-order chi connectivity index (χ0) is 72.6. The van der Waals surface area contributed by atoms with Crippen molar-refractivity contribution >= 4 is 11.3 Å². The fourth-order valence-corrected chi connectivity index (χ4v) is 5.85. The van der Waals surface area contributed by atoms with Gasteiger partial charge in [-0.25, -0.2) is 19.9 Å². The van der Waals surface area contributed by atoms with Crippen molar-refractivity contribution in [1.82, 2.24) is 80.3 Å². The Morgan fingerprint density at radius 3 is 1.36 bits per heavy atom. The molecule has 0 bridgehead atoms. The van der Waals surface area contributed by atoms with Gasteiger partial charge in [-0.05, 0) is 192 Å². The van der Waals surface area contributed by atoms with Gasteiger partial charge in [-0.1, -0.05) is 124 Å². The number of hydrogen-bond acceptors (Lipinski definition) is 16. The van der Waals surface area contributed by atoms with Gasteiger partial charge >= 0.3 is 0 Å². The highest BCUT2D eigenvalue weighted by Gasteiger charge is 2.12. The van der Waals surface area contributed by atoms with Crippen LogP contribution in [0.2, 0.25) is 0 Å². The number of ether oxygens (including phenoxy) is 1. The van der Waals surface area contributed by atoms with Crippen LogP contribution in [0.1, 0.15) is 130 Å². The predicted octanol–water partition coefficient (Wildman–Crippen LogP) is 17.8. The Bertz CT molecular complexity index is 2930. The normalized spacial score (nSPS) is 10.3. The van der Waals surface area contributed by atoms with E-state index in [9.17, 15) is 4.79 Å². The van der Waals surface area contributed by atoms with Crippen molar-refractivity contribution in [2.75, 3.05) is 27.3 Å². The maximum Gasteiger partial charge on any atom is 0.250 e. The van der Waals surface area contributed by atoms with E-state index in [4.69, 9.17) is 0 Å². The zero-order valence-corrected chi connectivity index (χ0v) is 62.4. The van der Waals surface area contributed by atoms with Crippen LogP contribution in [0.15, 0.2) is 248 Å². The van der Waals surface area contributed by atoms with Crippen LogP contribution >= 0.6 is 11.3 Å². The molecule has 3 N–H and O–H groups in total. The van der Waals surface area contributed by atoms with Crippen molar-refractivity contribution in [3.63, 3.8) is 0 Å². The molecule has 0 atom stereocenters. The molecule has 1 aliphatic carbocycles. The number of allylic oxidation sites excluding steroid dienone is 2. The lowest BCUT2D eigenvalue weighted by Gasteiger charge is -2.08. The van der Waals surface area contributed by atoms with Crippen LogP contribution in [0.5, 0.6) is 0 Å². The summed E-state index contributed by atoms with van der Waals surface area (Å²) in [7, 11) is 4.97. The minimum Gasteiger partial charge on any atom is -0.388 e. The minimum absolute atomic E-state index is 0.0347. The monoisotopic (exact) mass is 1340 g/mol. The topological polar surface area (TPSA) is 230 Å². The van der Waals surface area contributed by atoms with Crippen molar-refractivity contribution in [3.05, 3.63) is 310 Å². The maximum absolute atomic E-state index is 10.6. The second-order valence-electron chi connectivity index (χ2n) is 21.3. The molecule has 97 heavy (non-hydrogen) atoms. The van der Waals surface area contributed by atoms with Gasteiger partial charge in [0.2, 0.25) is 5.56 Å². The molecule has 1 saturated carbocycles. The van der Waals surface area contributed by atoms with Crippen molar-refractivity contribution in [2.24, 2.45) is 13.0 Å². The van der Waals surface area contributed by atoms with Gasteiger partial charge in [0.05, 0.1) is 17.4 Å². The summed E-state index contributed by atoms with van der Waals surface area (Å²) >= 11 is 1.63. The van der Waals surface area contributed by atoms with E-state index < -0.39 is 0 Å². The van der Waals surface area contributed by atoms with E-state index >= 15 is 0 Å². The molecular formula is C78H114N16O2S. The second kappa shape index (κ2) is 69.1. The van der Waals surface area contributed by atoms with Crippen LogP contribution in [0.25, 0.3) is 0 Å². The molecule has 10 aromatic heterocycles. The molecule has 13 rings (SSSR count). The van der Waals surface area contributed by atoms with Gasteiger partial charge in [0.25, 0.3) is 0 Å². The van der Waals surface area contributed by atoms with E-state index in [1.807, 2.05) is 197 Å². The van der Waals surface area contributed by atoms with Crippen LogP contribution in [-0.4, -0.2) is 102 Å². The van der Waals surface area contributed by atoms with Gasteiger partial charge in [-0.3, -0.25) is 34.9 Å². The molecule has 11 aromatic rings. The highest BCUT2D eigenvalue weighted by atomic mass is 32.1. The average Bonchev–Trinajstić information content (AvgIpc) is 3.78. The third-order valence-corrected chi connectivity index (χ3v) is 12.0. The molecule has 0 unspecified atom stereocenters. The first kappa shape index (κ1) is 91.5. The van der Waals surface area contributed by atoms with Gasteiger partial charge in [0.15, 0.2) is 0 Å². The van der Waals surface area contributed by atoms with Crippen LogP contribution in [-0.2, 0) is 11.8 Å². The number of methoxy groups -OCH3 is 1. The van der Waals surface area contributed by atoms with E-state index in [0.29, 0.717) is 0 Å². The van der Waals surface area contributed by atoms with Gasteiger partial charge in [-0.15, -0.1) is 11.3 Å². The van der Waals surface area contributed by atoms with E-state index in [0.717, 1.165) is 46.6 Å². The first-order valence-electron chi connectivity index (χ1n) is 32.3. The molecule has 0 radical (unpaired) electrons. The van der Waals surface area contributed by atoms with Gasteiger partial charge in [0.1, 0.15) is 12.2 Å². The predicted molar refractivity (Wildman–Crippen MR) is 407 cm³/mol. The number of nitrogens with zero attached hydrogens (tertiary/aromatic N) is 13. The summed E-state index contributed by atoms with van der Waals surface area (Å²) in [6, 6.07) is 36.6. The number of thiazole rings is 1. The van der Waals surface area contributed by atoms with Crippen LogP contribution in [0, 0.1) is 75.2 Å². The van der Waals surface area contributed by atoms with Crippen molar-refractivity contribution in [1.29, 1.82) is 0 Å². The Kier molecular flexibility index (Phi) is 65.2. The Hall–Kier alpha value is -9.69. The summed E-state index contributed by atoms with van der Waals surface area (Å²) < 4.78 is 5.78. The molecule has 18 nitrogen and oxygen atoms in total. The van der Waals surface area contributed by atoms with Crippen molar-refractivity contribution in [3.8, 4) is 0 Å². The molecular weight excluding hydrogens is 1230 g/mol. The van der Waals surface area contributed by atoms with Gasteiger partial charge < -0.3 is 14.6 Å². The van der Waals surface area contributed by atoms with E-state index in [1.165, 1.54) is 83.4 Å². The summed E-state index contributed by atoms with van der Waals surface area (Å²) in [6.07, 6.45) is 39.3. The number of benzene rings is 1. The van der Waals surface area contributed by atoms with Crippen molar-refractivity contribution < 1.29 is 4.74 Å². The summed E-state index contributed by atoms with van der Waals surface area (Å²) in [6.45, 7) is 34.9. The summed E-state index contributed by atoms with van der Waals surface area (Å²) in [5, 5.41) is 25.4. The van der Waals surface area contributed by atoms with E-state index in [-0.39, 0.29) is 5.56 Å².